The predicted molar refractivity (Wildman–Crippen MR) is 74.3 cm³/mol. The van der Waals surface area contributed by atoms with Crippen molar-refractivity contribution in [2.24, 2.45) is 0 Å². The van der Waals surface area contributed by atoms with Gasteiger partial charge < -0.3 is 9.84 Å². The summed E-state index contributed by atoms with van der Waals surface area (Å²) in [5, 5.41) is 8.77. The van der Waals surface area contributed by atoms with E-state index in [9.17, 15) is 14.4 Å². The number of carboxylic acid groups (broad SMARTS) is 1. The molecular formula is C16H12O5. The van der Waals surface area contributed by atoms with E-state index in [2.05, 4.69) is 0 Å². The number of aryl methyl sites for hydroxylation is 1. The average molecular weight is 284 g/mol. The number of carboxylic acids is 1. The molecule has 0 amide bonds. The van der Waals surface area contributed by atoms with Crippen molar-refractivity contribution in [2.75, 3.05) is 0 Å². The standard InChI is InChI=1S/C16H12O5/c1-10-4-2-3-5-13(10)16(20)21-15(19)12-8-6-11(7-9-12)14(17)18/h2-9H,1H3,(H,17,18). The zero-order valence-electron chi connectivity index (χ0n) is 11.2. The molecule has 5 heteroatoms. The molecule has 0 radical (unpaired) electrons. The Hall–Kier alpha value is -2.95. The minimum atomic E-state index is -1.09. The number of esters is 2. The van der Waals surface area contributed by atoms with E-state index in [4.69, 9.17) is 9.84 Å². The molecule has 0 aromatic heterocycles. The molecule has 0 aliphatic carbocycles. The lowest BCUT2D eigenvalue weighted by molar-refractivity contribution is 0.0396. The van der Waals surface area contributed by atoms with Gasteiger partial charge in [0.1, 0.15) is 0 Å². The lowest BCUT2D eigenvalue weighted by atomic mass is 10.1. The van der Waals surface area contributed by atoms with Crippen molar-refractivity contribution in [1.29, 1.82) is 0 Å². The molecule has 106 valence electrons. The number of rotatable bonds is 3. The summed E-state index contributed by atoms with van der Waals surface area (Å²) in [6.07, 6.45) is 0. The summed E-state index contributed by atoms with van der Waals surface area (Å²) in [5.41, 5.74) is 1.18. The van der Waals surface area contributed by atoms with Gasteiger partial charge in [-0.15, -0.1) is 0 Å². The van der Waals surface area contributed by atoms with Crippen LogP contribution in [0.2, 0.25) is 0 Å². The van der Waals surface area contributed by atoms with Gasteiger partial charge in [-0.05, 0) is 42.8 Å². The number of hydrogen-bond acceptors (Lipinski definition) is 4. The zero-order chi connectivity index (χ0) is 15.4. The molecule has 1 N–H and O–H groups in total. The lowest BCUT2D eigenvalue weighted by Crippen LogP contribution is -2.14. The molecule has 0 unspecified atom stereocenters. The van der Waals surface area contributed by atoms with Gasteiger partial charge in [0.25, 0.3) is 0 Å². The minimum Gasteiger partial charge on any atom is -0.478 e. The Morgan fingerprint density at radius 3 is 2.00 bits per heavy atom. The first-order valence-electron chi connectivity index (χ1n) is 6.14. The second kappa shape index (κ2) is 6.00. The summed E-state index contributed by atoms with van der Waals surface area (Å²) in [4.78, 5) is 34.4. The summed E-state index contributed by atoms with van der Waals surface area (Å²) in [6.45, 7) is 1.74. The third-order valence-corrected chi connectivity index (χ3v) is 2.92. The first-order valence-corrected chi connectivity index (χ1v) is 6.14. The van der Waals surface area contributed by atoms with E-state index in [1.165, 1.54) is 24.3 Å². The van der Waals surface area contributed by atoms with E-state index in [0.717, 1.165) is 0 Å². The topological polar surface area (TPSA) is 80.7 Å². The molecule has 0 aliphatic heterocycles. The number of carbonyl (C=O) groups is 3. The summed E-state index contributed by atoms with van der Waals surface area (Å²) in [6, 6.07) is 11.9. The smallest absolute Gasteiger partial charge is 0.346 e. The van der Waals surface area contributed by atoms with Crippen molar-refractivity contribution in [3.8, 4) is 0 Å². The van der Waals surface area contributed by atoms with Gasteiger partial charge in [0.2, 0.25) is 0 Å². The van der Waals surface area contributed by atoms with Gasteiger partial charge in [-0.1, -0.05) is 18.2 Å². The van der Waals surface area contributed by atoms with Crippen molar-refractivity contribution in [1.82, 2.24) is 0 Å². The van der Waals surface area contributed by atoms with Crippen molar-refractivity contribution in [3.63, 3.8) is 0 Å². The fourth-order valence-corrected chi connectivity index (χ4v) is 1.75. The molecule has 0 heterocycles. The van der Waals surface area contributed by atoms with Gasteiger partial charge in [-0.25, -0.2) is 14.4 Å². The Balaban J connectivity index is 2.13. The monoisotopic (exact) mass is 284 g/mol. The molecule has 0 saturated heterocycles. The second-order valence-corrected chi connectivity index (χ2v) is 4.37. The summed E-state index contributed by atoms with van der Waals surface area (Å²) in [7, 11) is 0. The average Bonchev–Trinajstić information content (AvgIpc) is 2.47. The summed E-state index contributed by atoms with van der Waals surface area (Å²) in [5.74, 6) is -2.65. The van der Waals surface area contributed by atoms with E-state index in [1.807, 2.05) is 0 Å². The van der Waals surface area contributed by atoms with E-state index in [1.54, 1.807) is 31.2 Å². The first kappa shape index (κ1) is 14.5. The lowest BCUT2D eigenvalue weighted by Gasteiger charge is -2.05. The molecule has 0 aliphatic rings. The Kier molecular flexibility index (Phi) is 4.13. The van der Waals surface area contributed by atoms with Crippen LogP contribution in [0.3, 0.4) is 0 Å². The largest absolute Gasteiger partial charge is 0.478 e. The highest BCUT2D eigenvalue weighted by Gasteiger charge is 2.16. The highest BCUT2D eigenvalue weighted by Crippen LogP contribution is 2.11. The highest BCUT2D eigenvalue weighted by atomic mass is 16.6. The van der Waals surface area contributed by atoms with Gasteiger partial charge in [-0.3, -0.25) is 0 Å². The van der Waals surface area contributed by atoms with Crippen LogP contribution < -0.4 is 0 Å². The van der Waals surface area contributed by atoms with Crippen molar-refractivity contribution in [2.45, 2.75) is 6.92 Å². The van der Waals surface area contributed by atoms with Gasteiger partial charge in [0, 0.05) is 0 Å². The van der Waals surface area contributed by atoms with E-state index < -0.39 is 17.9 Å². The van der Waals surface area contributed by atoms with Crippen LogP contribution in [-0.4, -0.2) is 23.0 Å². The summed E-state index contributed by atoms with van der Waals surface area (Å²) < 4.78 is 4.78. The molecular weight excluding hydrogens is 272 g/mol. The van der Waals surface area contributed by atoms with E-state index in [-0.39, 0.29) is 11.1 Å². The zero-order valence-corrected chi connectivity index (χ0v) is 11.2. The van der Waals surface area contributed by atoms with Gasteiger partial charge in [-0.2, -0.15) is 0 Å². The van der Waals surface area contributed by atoms with Crippen molar-refractivity contribution < 1.29 is 24.2 Å². The number of ether oxygens (including phenoxy) is 1. The molecule has 0 atom stereocenters. The van der Waals surface area contributed by atoms with Crippen LogP contribution in [-0.2, 0) is 4.74 Å². The maximum Gasteiger partial charge on any atom is 0.346 e. The van der Waals surface area contributed by atoms with Gasteiger partial charge in [0.05, 0.1) is 16.7 Å². The molecule has 2 rings (SSSR count). The Bertz CT molecular complexity index is 701. The molecule has 21 heavy (non-hydrogen) atoms. The molecule has 5 nitrogen and oxygen atoms in total. The summed E-state index contributed by atoms with van der Waals surface area (Å²) >= 11 is 0. The Morgan fingerprint density at radius 2 is 1.43 bits per heavy atom. The SMILES string of the molecule is Cc1ccccc1C(=O)OC(=O)c1ccc(C(=O)O)cc1. The Labute approximate surface area is 120 Å². The normalized spacial score (nSPS) is 9.95. The number of benzene rings is 2. The predicted octanol–water partition coefficient (Wildman–Crippen LogP) is 2.69. The molecule has 0 saturated carbocycles. The van der Waals surface area contributed by atoms with Crippen LogP contribution in [0.5, 0.6) is 0 Å². The van der Waals surface area contributed by atoms with Crippen LogP contribution in [0.25, 0.3) is 0 Å². The van der Waals surface area contributed by atoms with Gasteiger partial charge in [0.15, 0.2) is 0 Å². The molecule has 0 spiro atoms. The molecule has 0 bridgehead atoms. The molecule has 2 aromatic carbocycles. The number of aromatic carboxylic acids is 1. The maximum absolute atomic E-state index is 11.9. The fourth-order valence-electron chi connectivity index (χ4n) is 1.75. The highest BCUT2D eigenvalue weighted by molar-refractivity contribution is 6.03. The van der Waals surface area contributed by atoms with Crippen LogP contribution in [0.4, 0.5) is 0 Å². The van der Waals surface area contributed by atoms with Crippen LogP contribution in [0.15, 0.2) is 48.5 Å². The third-order valence-electron chi connectivity index (χ3n) is 2.92. The molecule has 2 aromatic rings. The number of carbonyl (C=O) groups excluding carboxylic acids is 2. The van der Waals surface area contributed by atoms with E-state index in [0.29, 0.717) is 11.1 Å². The van der Waals surface area contributed by atoms with E-state index >= 15 is 0 Å². The minimum absolute atomic E-state index is 0.0526. The van der Waals surface area contributed by atoms with Crippen LogP contribution in [0, 0.1) is 6.92 Å². The van der Waals surface area contributed by atoms with Gasteiger partial charge >= 0.3 is 17.9 Å². The third kappa shape index (κ3) is 3.33. The number of hydrogen-bond donors (Lipinski definition) is 1. The Morgan fingerprint density at radius 1 is 0.857 bits per heavy atom. The van der Waals surface area contributed by atoms with Crippen LogP contribution in [0.1, 0.15) is 36.6 Å². The maximum atomic E-state index is 11.9. The first-order chi connectivity index (χ1) is 9.99. The molecule has 0 fully saturated rings. The quantitative estimate of drug-likeness (QED) is 0.692. The fraction of sp³-hybridized carbons (Fsp3) is 0.0625. The van der Waals surface area contributed by atoms with Crippen LogP contribution >= 0.6 is 0 Å². The second-order valence-electron chi connectivity index (χ2n) is 4.37. The van der Waals surface area contributed by atoms with Crippen molar-refractivity contribution >= 4 is 17.9 Å². The van der Waals surface area contributed by atoms with Crippen molar-refractivity contribution in [3.05, 3.63) is 70.8 Å².